The summed E-state index contributed by atoms with van der Waals surface area (Å²) in [7, 11) is 1.44. The molecule has 5 rings (SSSR count). The number of esters is 2. The first-order chi connectivity index (χ1) is 21.6. The van der Waals surface area contributed by atoms with Crippen molar-refractivity contribution in [2.45, 2.75) is 88.4 Å². The van der Waals surface area contributed by atoms with Crippen LogP contribution in [-0.4, -0.2) is 117 Å². The molecule has 4 fully saturated rings. The first-order valence-electron chi connectivity index (χ1n) is 14.5. The topological polar surface area (TPSA) is 164 Å². The standard InChI is InChI=1S/C30H37NO14/c1-6-12-37-26-25(23-20(42-29(26)36-5)14-39-27(43-23)18-10-8-7-9-11-18)44-28-21-24(45-30(35)31(21)15(2)32)22(40-17(4)34)19(41-28)13-38-16(3)33/h6-11,19-29H,1,12-14H2,2-5H3/t19-,20-,21-,22-,23-,24-,25+,26+,27-,28+,29+/m1/s1. The Bertz CT molecular complexity index is 1240. The molecule has 1 aromatic carbocycles. The van der Waals surface area contributed by atoms with Crippen LogP contribution in [0.15, 0.2) is 43.0 Å². The van der Waals surface area contributed by atoms with E-state index in [2.05, 4.69) is 6.58 Å². The lowest BCUT2D eigenvalue weighted by Gasteiger charge is -2.50. The molecule has 0 bridgehead atoms. The van der Waals surface area contributed by atoms with Crippen molar-refractivity contribution in [3.8, 4) is 0 Å². The number of hydrogen-bond acceptors (Lipinski definition) is 14. The molecule has 4 heterocycles. The van der Waals surface area contributed by atoms with E-state index < -0.39 is 91.6 Å². The minimum atomic E-state index is -1.39. The fraction of sp³-hybridized carbons (Fsp3) is 0.600. The highest BCUT2D eigenvalue weighted by molar-refractivity contribution is 5.92. The number of methoxy groups -OCH3 is 1. The van der Waals surface area contributed by atoms with Crippen molar-refractivity contribution >= 4 is 23.9 Å². The lowest BCUT2D eigenvalue weighted by Crippen LogP contribution is -2.68. The second-order valence-electron chi connectivity index (χ2n) is 10.8. The van der Waals surface area contributed by atoms with Crippen LogP contribution in [-0.2, 0) is 61.8 Å². The number of nitrogens with zero attached hydrogens (tertiary/aromatic N) is 1. The van der Waals surface area contributed by atoms with E-state index in [0.717, 1.165) is 10.5 Å². The monoisotopic (exact) mass is 635 g/mol. The number of carbonyl (C=O) groups excluding carboxylic acids is 4. The van der Waals surface area contributed by atoms with Crippen molar-refractivity contribution in [3.63, 3.8) is 0 Å². The third-order valence-corrected chi connectivity index (χ3v) is 7.72. The van der Waals surface area contributed by atoms with Crippen LogP contribution in [0.2, 0.25) is 0 Å². The Labute approximate surface area is 259 Å². The summed E-state index contributed by atoms with van der Waals surface area (Å²) in [5.41, 5.74) is 0.754. The van der Waals surface area contributed by atoms with Crippen LogP contribution >= 0.6 is 0 Å². The van der Waals surface area contributed by atoms with Gasteiger partial charge in [0.05, 0.1) is 13.2 Å². The lowest BCUT2D eigenvalue weighted by atomic mass is 9.94. The number of ether oxygens (including phenoxy) is 10. The van der Waals surface area contributed by atoms with Gasteiger partial charge in [0.1, 0.15) is 43.2 Å². The summed E-state index contributed by atoms with van der Waals surface area (Å²) in [6, 6.07) is 8.06. The van der Waals surface area contributed by atoms with Crippen LogP contribution < -0.4 is 0 Å². The molecule has 0 aromatic heterocycles. The summed E-state index contributed by atoms with van der Waals surface area (Å²) in [6.07, 6.45) is -9.59. The molecule has 0 saturated carbocycles. The first kappa shape index (κ1) is 32.9. The molecule has 0 spiro atoms. The molecule has 4 aliphatic rings. The van der Waals surface area contributed by atoms with Crippen LogP contribution in [0.3, 0.4) is 0 Å². The number of hydrogen-bond donors (Lipinski definition) is 0. The van der Waals surface area contributed by atoms with Gasteiger partial charge in [-0.05, 0) is 0 Å². The zero-order chi connectivity index (χ0) is 32.2. The quantitative estimate of drug-likeness (QED) is 0.206. The summed E-state index contributed by atoms with van der Waals surface area (Å²) >= 11 is 0. The van der Waals surface area contributed by atoms with Gasteiger partial charge in [0.2, 0.25) is 5.91 Å². The summed E-state index contributed by atoms with van der Waals surface area (Å²) in [4.78, 5) is 50.3. The largest absolute Gasteiger partial charge is 0.463 e. The zero-order valence-corrected chi connectivity index (χ0v) is 25.3. The van der Waals surface area contributed by atoms with E-state index in [4.69, 9.17) is 47.4 Å². The average Bonchev–Trinajstić information content (AvgIpc) is 3.37. The molecule has 246 valence electrons. The van der Waals surface area contributed by atoms with E-state index in [1.54, 1.807) is 6.08 Å². The molecule has 0 aliphatic carbocycles. The number of amides is 2. The lowest BCUT2D eigenvalue weighted by molar-refractivity contribution is -0.387. The normalized spacial score (nSPS) is 35.9. The molecule has 15 heteroatoms. The SMILES string of the molecule is C=CCO[C@@H]1[C@@H](OC)O[C@@H]2CO[C@@H](c3ccccc3)O[C@H]2[C@@H]1O[C@@H]1O[C@H](COC(C)=O)[C@@H](OC(C)=O)[C@@H]2OC(=O)N(C(C)=O)[C@@H]12. The summed E-state index contributed by atoms with van der Waals surface area (Å²) < 4.78 is 59.4. The second kappa shape index (κ2) is 14.3. The molecular weight excluding hydrogens is 598 g/mol. The van der Waals surface area contributed by atoms with Crippen molar-refractivity contribution in [1.29, 1.82) is 0 Å². The van der Waals surface area contributed by atoms with Gasteiger partial charge in [-0.15, -0.1) is 6.58 Å². The highest BCUT2D eigenvalue weighted by atomic mass is 16.8. The molecule has 2 amide bonds. The molecule has 0 unspecified atom stereocenters. The van der Waals surface area contributed by atoms with Crippen molar-refractivity contribution in [2.75, 3.05) is 26.9 Å². The highest BCUT2D eigenvalue weighted by Crippen LogP contribution is 2.41. The van der Waals surface area contributed by atoms with E-state index >= 15 is 0 Å². The molecule has 45 heavy (non-hydrogen) atoms. The second-order valence-corrected chi connectivity index (χ2v) is 10.8. The van der Waals surface area contributed by atoms with Gasteiger partial charge in [-0.25, -0.2) is 9.69 Å². The summed E-state index contributed by atoms with van der Waals surface area (Å²) in [5, 5.41) is 0. The van der Waals surface area contributed by atoms with Crippen molar-refractivity contribution in [3.05, 3.63) is 48.6 Å². The predicted molar refractivity (Wildman–Crippen MR) is 148 cm³/mol. The van der Waals surface area contributed by atoms with Crippen LogP contribution in [0, 0.1) is 0 Å². The van der Waals surface area contributed by atoms with Gasteiger partial charge in [0, 0.05) is 33.4 Å². The van der Waals surface area contributed by atoms with Crippen molar-refractivity contribution in [1.82, 2.24) is 4.90 Å². The Hall–Kier alpha value is -3.44. The van der Waals surface area contributed by atoms with Crippen LogP contribution in [0.4, 0.5) is 4.79 Å². The smallest absolute Gasteiger partial charge is 0.417 e. The first-order valence-corrected chi connectivity index (χ1v) is 14.5. The molecule has 4 aliphatic heterocycles. The Morgan fingerprint density at radius 3 is 2.38 bits per heavy atom. The third kappa shape index (κ3) is 7.04. The van der Waals surface area contributed by atoms with E-state index in [1.165, 1.54) is 27.9 Å². The van der Waals surface area contributed by atoms with Gasteiger partial charge in [0.15, 0.2) is 31.1 Å². The maximum absolute atomic E-state index is 13.0. The van der Waals surface area contributed by atoms with Gasteiger partial charge < -0.3 is 47.4 Å². The average molecular weight is 636 g/mol. The number of imide groups is 1. The molecule has 4 saturated heterocycles. The van der Waals surface area contributed by atoms with Crippen molar-refractivity contribution in [2.24, 2.45) is 0 Å². The van der Waals surface area contributed by atoms with Gasteiger partial charge in [0.25, 0.3) is 0 Å². The Morgan fingerprint density at radius 2 is 1.73 bits per heavy atom. The number of carbonyl (C=O) groups is 4. The summed E-state index contributed by atoms with van der Waals surface area (Å²) in [6.45, 7) is 7.10. The Balaban J connectivity index is 1.52. The van der Waals surface area contributed by atoms with E-state index in [-0.39, 0.29) is 19.8 Å². The van der Waals surface area contributed by atoms with Gasteiger partial charge in [-0.2, -0.15) is 0 Å². The van der Waals surface area contributed by atoms with Gasteiger partial charge in [-0.1, -0.05) is 36.4 Å². The molecule has 15 nitrogen and oxygen atoms in total. The van der Waals surface area contributed by atoms with Crippen LogP contribution in [0.5, 0.6) is 0 Å². The highest BCUT2D eigenvalue weighted by Gasteiger charge is 2.62. The number of benzene rings is 1. The fourth-order valence-electron chi connectivity index (χ4n) is 5.89. The summed E-state index contributed by atoms with van der Waals surface area (Å²) in [5.74, 6) is -1.98. The number of rotatable bonds is 10. The molecule has 0 radical (unpaired) electrons. The van der Waals surface area contributed by atoms with E-state index in [0.29, 0.717) is 0 Å². The molecule has 11 atom stereocenters. The van der Waals surface area contributed by atoms with E-state index in [1.807, 2.05) is 30.3 Å². The Kier molecular flexibility index (Phi) is 10.5. The van der Waals surface area contributed by atoms with Gasteiger partial charge in [-0.3, -0.25) is 14.4 Å². The van der Waals surface area contributed by atoms with Crippen molar-refractivity contribution < 1.29 is 66.5 Å². The maximum atomic E-state index is 13.0. The van der Waals surface area contributed by atoms with Crippen LogP contribution in [0.1, 0.15) is 32.6 Å². The van der Waals surface area contributed by atoms with E-state index in [9.17, 15) is 19.2 Å². The molecular formula is C30H37NO14. The maximum Gasteiger partial charge on any atom is 0.417 e. The number of fused-ring (bicyclic) bond motifs is 2. The Morgan fingerprint density at radius 1 is 0.978 bits per heavy atom. The third-order valence-electron chi connectivity index (χ3n) is 7.72. The fourth-order valence-corrected chi connectivity index (χ4v) is 5.89. The predicted octanol–water partition coefficient (Wildman–Crippen LogP) is 1.38. The minimum Gasteiger partial charge on any atom is -0.463 e. The molecule has 1 aromatic rings. The van der Waals surface area contributed by atoms with Crippen LogP contribution in [0.25, 0.3) is 0 Å². The zero-order valence-electron chi connectivity index (χ0n) is 25.3. The van der Waals surface area contributed by atoms with Gasteiger partial charge >= 0.3 is 18.0 Å². The minimum absolute atomic E-state index is 0.0894. The molecule has 0 N–H and O–H groups in total.